The largest absolute Gasteiger partial charge is 0.378 e. The fraction of sp³-hybridized carbons (Fsp3) is 0.333. The third-order valence-corrected chi connectivity index (χ3v) is 4.06. The summed E-state index contributed by atoms with van der Waals surface area (Å²) in [6.45, 7) is 2.36. The first-order valence-corrected chi connectivity index (χ1v) is 8.23. The molecule has 0 radical (unpaired) electrons. The number of carbonyl (C=O) groups excluding carboxylic acids is 1. The van der Waals surface area contributed by atoms with Gasteiger partial charge in [-0.3, -0.25) is 4.79 Å². The zero-order valence-electron chi connectivity index (χ0n) is 14.6. The average molecular weight is 362 g/mol. The second kappa shape index (κ2) is 7.65. The van der Waals surface area contributed by atoms with E-state index in [0.29, 0.717) is 37.7 Å². The lowest BCUT2D eigenvalue weighted by atomic mass is 10.2. The molecule has 0 saturated carbocycles. The molecule has 1 fully saturated rings. The van der Waals surface area contributed by atoms with E-state index in [0.717, 1.165) is 12.1 Å². The molecule has 2 heterocycles. The zero-order chi connectivity index (χ0) is 18.7. The van der Waals surface area contributed by atoms with Gasteiger partial charge in [-0.1, -0.05) is 0 Å². The number of morpholine rings is 1. The number of hydrogen-bond acceptors (Lipinski definition) is 5. The van der Waals surface area contributed by atoms with Gasteiger partial charge < -0.3 is 19.9 Å². The first kappa shape index (κ1) is 18.1. The third-order valence-electron chi connectivity index (χ3n) is 4.06. The molecule has 6 nitrogen and oxygen atoms in total. The number of halogens is 2. The number of pyridine rings is 1. The molecule has 1 aliphatic rings. The molecule has 2 aromatic rings. The Morgan fingerprint density at radius 3 is 2.50 bits per heavy atom. The Labute approximate surface area is 150 Å². The summed E-state index contributed by atoms with van der Waals surface area (Å²) in [7, 11) is 3.09. The summed E-state index contributed by atoms with van der Waals surface area (Å²) in [6.07, 6.45) is 1.60. The van der Waals surface area contributed by atoms with Gasteiger partial charge in [0.15, 0.2) is 11.6 Å². The van der Waals surface area contributed by atoms with Crippen molar-refractivity contribution in [2.24, 2.45) is 0 Å². The quantitative estimate of drug-likeness (QED) is 0.906. The summed E-state index contributed by atoms with van der Waals surface area (Å²) in [5.41, 5.74) is 0.234. The van der Waals surface area contributed by atoms with Crippen molar-refractivity contribution in [2.75, 3.05) is 55.5 Å². The Balaban J connectivity index is 1.85. The van der Waals surface area contributed by atoms with Gasteiger partial charge in [0.25, 0.3) is 5.91 Å². The van der Waals surface area contributed by atoms with Crippen molar-refractivity contribution in [2.45, 2.75) is 0 Å². The summed E-state index contributed by atoms with van der Waals surface area (Å²) in [6, 6.07) is 5.48. The lowest BCUT2D eigenvalue weighted by Crippen LogP contribution is -2.38. The van der Waals surface area contributed by atoms with Gasteiger partial charge in [-0.05, 0) is 24.3 Å². The molecule has 1 N–H and O–H groups in total. The minimum Gasteiger partial charge on any atom is -0.378 e. The van der Waals surface area contributed by atoms with Crippen LogP contribution in [0.15, 0.2) is 30.5 Å². The van der Waals surface area contributed by atoms with E-state index in [1.165, 1.54) is 4.90 Å². The molecule has 0 unspecified atom stereocenters. The van der Waals surface area contributed by atoms with Crippen LogP contribution >= 0.6 is 0 Å². The molecule has 1 aliphatic heterocycles. The molecule has 1 aromatic carbocycles. The maximum Gasteiger partial charge on any atom is 0.259 e. The van der Waals surface area contributed by atoms with Crippen molar-refractivity contribution in [3.63, 3.8) is 0 Å². The highest BCUT2D eigenvalue weighted by atomic mass is 19.1. The highest BCUT2D eigenvalue weighted by Crippen LogP contribution is 2.26. The van der Waals surface area contributed by atoms with E-state index in [1.807, 2.05) is 4.90 Å². The lowest BCUT2D eigenvalue weighted by Gasteiger charge is -2.29. The van der Waals surface area contributed by atoms with Crippen LogP contribution < -0.4 is 15.1 Å². The number of hydrogen-bond donors (Lipinski definition) is 1. The average Bonchev–Trinajstić information content (AvgIpc) is 2.61. The molecule has 1 saturated heterocycles. The number of nitrogens with zero attached hydrogens (tertiary/aromatic N) is 3. The highest BCUT2D eigenvalue weighted by Gasteiger charge is 2.21. The Morgan fingerprint density at radius 2 is 1.88 bits per heavy atom. The highest BCUT2D eigenvalue weighted by molar-refractivity contribution is 6.07. The van der Waals surface area contributed by atoms with Crippen LogP contribution in [0, 0.1) is 11.6 Å². The monoisotopic (exact) mass is 362 g/mol. The van der Waals surface area contributed by atoms with Gasteiger partial charge in [-0.15, -0.1) is 0 Å². The van der Waals surface area contributed by atoms with Crippen LogP contribution in [0.5, 0.6) is 0 Å². The summed E-state index contributed by atoms with van der Waals surface area (Å²) < 4.78 is 33.6. The summed E-state index contributed by atoms with van der Waals surface area (Å²) in [5, 5.41) is 2.55. The first-order valence-electron chi connectivity index (χ1n) is 8.23. The third kappa shape index (κ3) is 3.75. The Kier molecular flexibility index (Phi) is 5.32. The predicted molar refractivity (Wildman–Crippen MR) is 95.9 cm³/mol. The van der Waals surface area contributed by atoms with E-state index >= 15 is 0 Å². The minimum atomic E-state index is -0.745. The zero-order valence-corrected chi connectivity index (χ0v) is 14.6. The SMILES string of the molecule is CN(C)c1c(F)cc(NC(=O)c2cccnc2N2CCOCC2)cc1F. The molecule has 1 amide bonds. The Morgan fingerprint density at radius 1 is 1.23 bits per heavy atom. The van der Waals surface area contributed by atoms with E-state index in [-0.39, 0.29) is 11.4 Å². The van der Waals surface area contributed by atoms with Gasteiger partial charge in [0.2, 0.25) is 0 Å². The number of amides is 1. The summed E-state index contributed by atoms with van der Waals surface area (Å²) in [5.74, 6) is -1.44. The second-order valence-electron chi connectivity index (χ2n) is 6.11. The summed E-state index contributed by atoms with van der Waals surface area (Å²) >= 11 is 0. The maximum absolute atomic E-state index is 14.1. The fourth-order valence-corrected chi connectivity index (χ4v) is 2.86. The maximum atomic E-state index is 14.1. The van der Waals surface area contributed by atoms with Gasteiger partial charge >= 0.3 is 0 Å². The second-order valence-corrected chi connectivity index (χ2v) is 6.11. The fourth-order valence-electron chi connectivity index (χ4n) is 2.86. The molecule has 26 heavy (non-hydrogen) atoms. The van der Waals surface area contributed by atoms with Crippen molar-refractivity contribution in [3.8, 4) is 0 Å². The van der Waals surface area contributed by atoms with Crippen molar-refractivity contribution in [1.82, 2.24) is 4.98 Å². The molecule has 1 aromatic heterocycles. The standard InChI is InChI=1S/C18H20F2N4O2/c1-23(2)16-14(19)10-12(11-15(16)20)22-18(25)13-4-3-5-21-17(13)24-6-8-26-9-7-24/h3-5,10-11H,6-9H2,1-2H3,(H,22,25). The van der Waals surface area contributed by atoms with Crippen LogP contribution in [-0.4, -0.2) is 51.3 Å². The van der Waals surface area contributed by atoms with Crippen LogP contribution in [-0.2, 0) is 4.74 Å². The number of aromatic nitrogens is 1. The first-order chi connectivity index (χ1) is 12.5. The number of carbonyl (C=O) groups is 1. The topological polar surface area (TPSA) is 57.7 Å². The van der Waals surface area contributed by atoms with E-state index in [4.69, 9.17) is 4.74 Å². The molecule has 0 atom stereocenters. The van der Waals surface area contributed by atoms with Gasteiger partial charge in [0.05, 0.1) is 18.8 Å². The molecule has 0 spiro atoms. The molecule has 8 heteroatoms. The lowest BCUT2D eigenvalue weighted by molar-refractivity contribution is 0.102. The normalized spacial score (nSPS) is 14.2. The van der Waals surface area contributed by atoms with Crippen LogP contribution in [0.3, 0.4) is 0 Å². The van der Waals surface area contributed by atoms with Gasteiger partial charge in [-0.25, -0.2) is 13.8 Å². The summed E-state index contributed by atoms with van der Waals surface area (Å²) in [4.78, 5) is 20.2. The van der Waals surface area contributed by atoms with Crippen molar-refractivity contribution in [1.29, 1.82) is 0 Å². The molecular formula is C18H20F2N4O2. The van der Waals surface area contributed by atoms with E-state index < -0.39 is 17.5 Å². The van der Waals surface area contributed by atoms with Crippen LogP contribution in [0.2, 0.25) is 0 Å². The molecule has 0 bridgehead atoms. The number of rotatable bonds is 4. The van der Waals surface area contributed by atoms with Crippen molar-refractivity contribution < 1.29 is 18.3 Å². The van der Waals surface area contributed by atoms with Gasteiger partial charge in [-0.2, -0.15) is 0 Å². The van der Waals surface area contributed by atoms with Gasteiger partial charge in [0.1, 0.15) is 11.5 Å². The van der Waals surface area contributed by atoms with Crippen molar-refractivity contribution in [3.05, 3.63) is 47.7 Å². The minimum absolute atomic E-state index is 0.0485. The van der Waals surface area contributed by atoms with Crippen LogP contribution in [0.25, 0.3) is 0 Å². The smallest absolute Gasteiger partial charge is 0.259 e. The molecular weight excluding hydrogens is 342 g/mol. The molecule has 0 aliphatic carbocycles. The molecule has 3 rings (SSSR count). The predicted octanol–water partition coefficient (Wildman–Crippen LogP) is 2.51. The number of ether oxygens (including phenoxy) is 1. The number of benzene rings is 1. The van der Waals surface area contributed by atoms with Crippen LogP contribution in [0.4, 0.5) is 26.0 Å². The van der Waals surface area contributed by atoms with Gasteiger partial charge in [0, 0.05) is 39.1 Å². The van der Waals surface area contributed by atoms with E-state index in [9.17, 15) is 13.6 Å². The van der Waals surface area contributed by atoms with E-state index in [1.54, 1.807) is 32.4 Å². The van der Waals surface area contributed by atoms with Crippen LogP contribution in [0.1, 0.15) is 10.4 Å². The molecule has 138 valence electrons. The Bertz CT molecular complexity index is 785. The Hall–Kier alpha value is -2.74. The van der Waals surface area contributed by atoms with Crippen molar-refractivity contribution >= 4 is 23.1 Å². The number of nitrogens with one attached hydrogen (secondary N) is 1. The van der Waals surface area contributed by atoms with E-state index in [2.05, 4.69) is 10.3 Å². The number of anilines is 3.